The SMILES string of the molecule is CC(CC#N)N(C)c1ncc(Br)cc1C(F)(F)F. The lowest BCUT2D eigenvalue weighted by Gasteiger charge is -2.26. The van der Waals surface area contributed by atoms with E-state index >= 15 is 0 Å². The number of nitrogens with zero attached hydrogens (tertiary/aromatic N) is 3. The van der Waals surface area contributed by atoms with Crippen molar-refractivity contribution in [3.05, 3.63) is 22.3 Å². The van der Waals surface area contributed by atoms with Crippen LogP contribution in [0.1, 0.15) is 18.9 Å². The Hall–Kier alpha value is -1.29. The van der Waals surface area contributed by atoms with E-state index in [2.05, 4.69) is 20.9 Å². The van der Waals surface area contributed by atoms with E-state index in [1.165, 1.54) is 18.1 Å². The van der Waals surface area contributed by atoms with Crippen molar-refractivity contribution >= 4 is 21.7 Å². The molecule has 0 fully saturated rings. The second kappa shape index (κ2) is 5.57. The van der Waals surface area contributed by atoms with Crippen molar-refractivity contribution in [3.8, 4) is 6.07 Å². The second-order valence-corrected chi connectivity index (χ2v) is 4.76. The molecule has 1 rings (SSSR count). The summed E-state index contributed by atoms with van der Waals surface area (Å²) in [7, 11) is 1.49. The Kier molecular flexibility index (Phi) is 4.57. The summed E-state index contributed by atoms with van der Waals surface area (Å²) in [5.74, 6) is -0.173. The average molecular weight is 322 g/mol. The molecule has 0 aromatic carbocycles. The van der Waals surface area contributed by atoms with Gasteiger partial charge < -0.3 is 4.90 Å². The monoisotopic (exact) mass is 321 g/mol. The second-order valence-electron chi connectivity index (χ2n) is 3.84. The van der Waals surface area contributed by atoms with Gasteiger partial charge in [-0.1, -0.05) is 0 Å². The van der Waals surface area contributed by atoms with Gasteiger partial charge in [0.15, 0.2) is 0 Å². The minimum absolute atomic E-state index is 0.130. The fourth-order valence-electron chi connectivity index (χ4n) is 1.40. The summed E-state index contributed by atoms with van der Waals surface area (Å²) < 4.78 is 38.9. The van der Waals surface area contributed by atoms with Crippen LogP contribution in [-0.2, 0) is 6.18 Å². The molecule has 0 amide bonds. The summed E-state index contributed by atoms with van der Waals surface area (Å²) in [6.07, 6.45) is -3.04. The summed E-state index contributed by atoms with van der Waals surface area (Å²) in [6.45, 7) is 1.67. The van der Waals surface area contributed by atoms with Crippen LogP contribution in [0.2, 0.25) is 0 Å². The highest BCUT2D eigenvalue weighted by molar-refractivity contribution is 9.10. The summed E-state index contributed by atoms with van der Waals surface area (Å²) in [6, 6.07) is 2.57. The average Bonchev–Trinajstić information content (AvgIpc) is 2.27. The van der Waals surface area contributed by atoms with Gasteiger partial charge >= 0.3 is 6.18 Å². The van der Waals surface area contributed by atoms with Crippen LogP contribution < -0.4 is 4.90 Å². The van der Waals surface area contributed by atoms with Crippen LogP contribution in [0.4, 0.5) is 19.0 Å². The highest BCUT2D eigenvalue weighted by Crippen LogP contribution is 2.37. The van der Waals surface area contributed by atoms with Crippen molar-refractivity contribution < 1.29 is 13.2 Å². The largest absolute Gasteiger partial charge is 0.419 e. The van der Waals surface area contributed by atoms with Gasteiger partial charge in [-0.05, 0) is 28.9 Å². The molecule has 0 radical (unpaired) electrons. The fourth-order valence-corrected chi connectivity index (χ4v) is 1.73. The van der Waals surface area contributed by atoms with E-state index in [-0.39, 0.29) is 22.8 Å². The van der Waals surface area contributed by atoms with Gasteiger partial charge in [0, 0.05) is 23.8 Å². The number of alkyl halides is 3. The Labute approximate surface area is 111 Å². The molecule has 0 spiro atoms. The molecule has 1 heterocycles. The predicted molar refractivity (Wildman–Crippen MR) is 65.0 cm³/mol. The predicted octanol–water partition coefficient (Wildman–Crippen LogP) is 3.60. The molecule has 1 aromatic rings. The van der Waals surface area contributed by atoms with Gasteiger partial charge in [-0.15, -0.1) is 0 Å². The first kappa shape index (κ1) is 14.8. The Balaban J connectivity index is 3.20. The Morgan fingerprint density at radius 1 is 1.56 bits per heavy atom. The first-order valence-electron chi connectivity index (χ1n) is 5.10. The first-order chi connectivity index (χ1) is 8.27. The highest BCUT2D eigenvalue weighted by atomic mass is 79.9. The third kappa shape index (κ3) is 3.35. The molecule has 1 aromatic heterocycles. The van der Waals surface area contributed by atoms with Crippen LogP contribution in [0.3, 0.4) is 0 Å². The normalized spacial score (nSPS) is 12.9. The van der Waals surface area contributed by atoms with Crippen LogP contribution in [-0.4, -0.2) is 18.1 Å². The lowest BCUT2D eigenvalue weighted by atomic mass is 10.2. The molecule has 0 saturated carbocycles. The number of hydrogen-bond donors (Lipinski definition) is 0. The first-order valence-corrected chi connectivity index (χ1v) is 5.89. The molecule has 1 atom stereocenters. The van der Waals surface area contributed by atoms with Gasteiger partial charge in [-0.3, -0.25) is 0 Å². The molecule has 0 aliphatic heterocycles. The number of rotatable bonds is 3. The van der Waals surface area contributed by atoms with Crippen molar-refractivity contribution in [1.29, 1.82) is 5.26 Å². The maximum Gasteiger partial charge on any atom is 0.419 e. The molecule has 0 aliphatic rings. The number of anilines is 1. The molecule has 0 bridgehead atoms. The standard InChI is InChI=1S/C11H11BrF3N3/c1-7(3-4-16)18(2)10-9(11(13,14)15)5-8(12)6-17-10/h5-7H,3H2,1-2H3. The van der Waals surface area contributed by atoms with E-state index in [4.69, 9.17) is 5.26 Å². The third-order valence-corrected chi connectivity index (χ3v) is 2.95. The number of hydrogen-bond acceptors (Lipinski definition) is 3. The summed E-state index contributed by atoms with van der Waals surface area (Å²) in [5, 5.41) is 8.58. The van der Waals surface area contributed by atoms with Crippen LogP contribution >= 0.6 is 15.9 Å². The number of pyridine rings is 1. The van der Waals surface area contributed by atoms with Crippen molar-refractivity contribution in [1.82, 2.24) is 4.98 Å². The fraction of sp³-hybridized carbons (Fsp3) is 0.455. The molecule has 7 heteroatoms. The molecule has 3 nitrogen and oxygen atoms in total. The van der Waals surface area contributed by atoms with Crippen molar-refractivity contribution in [2.45, 2.75) is 25.6 Å². The summed E-state index contributed by atoms with van der Waals surface area (Å²) in [4.78, 5) is 5.16. The lowest BCUT2D eigenvalue weighted by molar-refractivity contribution is -0.137. The van der Waals surface area contributed by atoms with E-state index in [9.17, 15) is 13.2 Å². The van der Waals surface area contributed by atoms with Crippen molar-refractivity contribution in [2.24, 2.45) is 0 Å². The molecule has 1 unspecified atom stereocenters. The van der Waals surface area contributed by atoms with Crippen LogP contribution in [0.5, 0.6) is 0 Å². The highest BCUT2D eigenvalue weighted by Gasteiger charge is 2.36. The van der Waals surface area contributed by atoms with Crippen molar-refractivity contribution in [3.63, 3.8) is 0 Å². The maximum atomic E-state index is 12.9. The topological polar surface area (TPSA) is 39.9 Å². The summed E-state index contributed by atoms with van der Waals surface area (Å²) >= 11 is 2.97. The Morgan fingerprint density at radius 2 is 2.17 bits per heavy atom. The number of nitriles is 1. The smallest absolute Gasteiger partial charge is 0.355 e. The molecule has 18 heavy (non-hydrogen) atoms. The Morgan fingerprint density at radius 3 is 2.67 bits per heavy atom. The number of aromatic nitrogens is 1. The van der Waals surface area contributed by atoms with Gasteiger partial charge in [0.25, 0.3) is 0 Å². The minimum Gasteiger partial charge on any atom is -0.355 e. The molecule has 0 N–H and O–H groups in total. The van der Waals surface area contributed by atoms with Crippen LogP contribution in [0.15, 0.2) is 16.7 Å². The van der Waals surface area contributed by atoms with E-state index in [1.54, 1.807) is 6.92 Å². The van der Waals surface area contributed by atoms with Gasteiger partial charge in [0.1, 0.15) is 5.82 Å². The quantitative estimate of drug-likeness (QED) is 0.854. The maximum absolute atomic E-state index is 12.9. The molecule has 0 saturated heterocycles. The van der Waals surface area contributed by atoms with Crippen LogP contribution in [0.25, 0.3) is 0 Å². The van der Waals surface area contributed by atoms with Gasteiger partial charge in [0.05, 0.1) is 18.1 Å². The molecular formula is C11H11BrF3N3. The van der Waals surface area contributed by atoms with Gasteiger partial charge in [0.2, 0.25) is 0 Å². The number of halogens is 4. The van der Waals surface area contributed by atoms with Crippen LogP contribution in [0, 0.1) is 11.3 Å². The van der Waals surface area contributed by atoms with Crippen molar-refractivity contribution in [2.75, 3.05) is 11.9 Å². The zero-order valence-corrected chi connectivity index (χ0v) is 11.4. The Bertz CT molecular complexity index is 468. The lowest BCUT2D eigenvalue weighted by Crippen LogP contribution is -2.31. The zero-order chi connectivity index (χ0) is 13.9. The van der Waals surface area contributed by atoms with E-state index in [1.807, 2.05) is 6.07 Å². The van der Waals surface area contributed by atoms with E-state index in [0.29, 0.717) is 0 Å². The van der Waals surface area contributed by atoms with E-state index in [0.717, 1.165) is 6.07 Å². The molecular weight excluding hydrogens is 311 g/mol. The third-order valence-electron chi connectivity index (χ3n) is 2.52. The zero-order valence-electron chi connectivity index (χ0n) is 9.79. The van der Waals surface area contributed by atoms with Gasteiger partial charge in [-0.2, -0.15) is 18.4 Å². The minimum atomic E-state index is -4.48. The van der Waals surface area contributed by atoms with Gasteiger partial charge in [-0.25, -0.2) is 4.98 Å². The summed E-state index contributed by atoms with van der Waals surface area (Å²) in [5.41, 5.74) is -0.816. The van der Waals surface area contributed by atoms with E-state index < -0.39 is 11.7 Å². The molecule has 98 valence electrons. The molecule has 0 aliphatic carbocycles.